The van der Waals surface area contributed by atoms with E-state index in [0.29, 0.717) is 18.3 Å². The Hall–Kier alpha value is -2.41. The minimum atomic E-state index is 0.128. The summed E-state index contributed by atoms with van der Waals surface area (Å²) in [4.78, 5) is 20.9. The average molecular weight is 370 g/mol. The van der Waals surface area contributed by atoms with Gasteiger partial charge in [-0.25, -0.2) is 0 Å². The molecule has 0 radical (unpaired) electrons. The Kier molecular flexibility index (Phi) is 5.38. The Labute approximate surface area is 159 Å². The second-order valence-corrected chi connectivity index (χ2v) is 7.35. The molecule has 2 fully saturated rings. The maximum Gasteiger partial charge on any atom is 0.253 e. The molecule has 1 aromatic carbocycles. The number of rotatable bonds is 5. The number of nitrogens with zero attached hydrogens (tertiary/aromatic N) is 4. The first-order valence-corrected chi connectivity index (χ1v) is 9.75. The van der Waals surface area contributed by atoms with Crippen LogP contribution in [0.1, 0.15) is 47.8 Å². The summed E-state index contributed by atoms with van der Waals surface area (Å²) in [5, 5.41) is 3.83. The van der Waals surface area contributed by atoms with Crippen LogP contribution < -0.4 is 4.74 Å². The van der Waals surface area contributed by atoms with Crippen molar-refractivity contribution in [2.24, 2.45) is 0 Å². The molecule has 2 aromatic rings. The van der Waals surface area contributed by atoms with E-state index in [0.717, 1.165) is 63.2 Å². The summed E-state index contributed by atoms with van der Waals surface area (Å²) in [6.07, 6.45) is 4.34. The van der Waals surface area contributed by atoms with Crippen molar-refractivity contribution >= 4 is 5.91 Å². The van der Waals surface area contributed by atoms with E-state index in [1.54, 1.807) is 0 Å². The fourth-order valence-corrected chi connectivity index (χ4v) is 3.75. The number of likely N-dealkylation sites (tertiary alicyclic amines) is 2. The van der Waals surface area contributed by atoms with Crippen molar-refractivity contribution < 1.29 is 14.1 Å². The van der Waals surface area contributed by atoms with Crippen LogP contribution in [-0.4, -0.2) is 58.1 Å². The first-order chi connectivity index (χ1) is 13.2. The summed E-state index contributed by atoms with van der Waals surface area (Å²) in [5.74, 6) is 2.31. The molecule has 2 saturated heterocycles. The second-order valence-electron chi connectivity index (χ2n) is 7.35. The molecule has 0 unspecified atom stereocenters. The maximum absolute atomic E-state index is 12.4. The van der Waals surface area contributed by atoms with Gasteiger partial charge in [0.15, 0.2) is 5.82 Å². The standard InChI is InChI=1S/C20H26N4O3/c1-15-21-19(27-22-15)14-23-12-8-18(9-13-23)26-17-6-4-16(5-7-17)20(25)24-10-2-3-11-24/h4-7,18H,2-3,8-14H2,1H3. The van der Waals surface area contributed by atoms with Crippen LogP contribution in [0.3, 0.4) is 0 Å². The van der Waals surface area contributed by atoms with E-state index in [-0.39, 0.29) is 12.0 Å². The zero-order chi connectivity index (χ0) is 18.6. The Bertz CT molecular complexity index is 760. The summed E-state index contributed by atoms with van der Waals surface area (Å²) in [5.41, 5.74) is 0.744. The van der Waals surface area contributed by atoms with Gasteiger partial charge in [-0.1, -0.05) is 5.16 Å². The number of hydrogen-bond donors (Lipinski definition) is 0. The summed E-state index contributed by atoms with van der Waals surface area (Å²) in [6, 6.07) is 7.58. The minimum absolute atomic E-state index is 0.128. The molecule has 7 nitrogen and oxygen atoms in total. The van der Waals surface area contributed by atoms with E-state index < -0.39 is 0 Å². The molecule has 0 N–H and O–H groups in total. The molecular formula is C20H26N4O3. The highest BCUT2D eigenvalue weighted by atomic mass is 16.5. The van der Waals surface area contributed by atoms with Crippen LogP contribution in [0.4, 0.5) is 0 Å². The monoisotopic (exact) mass is 370 g/mol. The lowest BCUT2D eigenvalue weighted by molar-refractivity contribution is 0.0792. The predicted molar refractivity (Wildman–Crippen MR) is 99.5 cm³/mol. The van der Waals surface area contributed by atoms with Crippen LogP contribution in [0.5, 0.6) is 5.75 Å². The largest absolute Gasteiger partial charge is 0.490 e. The Morgan fingerprint density at radius 3 is 2.48 bits per heavy atom. The van der Waals surface area contributed by atoms with Crippen molar-refractivity contribution in [1.82, 2.24) is 19.9 Å². The van der Waals surface area contributed by atoms with Gasteiger partial charge in [0.25, 0.3) is 5.91 Å². The molecule has 7 heteroatoms. The van der Waals surface area contributed by atoms with E-state index in [1.165, 1.54) is 0 Å². The summed E-state index contributed by atoms with van der Waals surface area (Å²) >= 11 is 0. The van der Waals surface area contributed by atoms with Gasteiger partial charge in [0.05, 0.1) is 6.54 Å². The maximum atomic E-state index is 12.4. The van der Waals surface area contributed by atoms with E-state index in [9.17, 15) is 4.79 Å². The lowest BCUT2D eigenvalue weighted by Crippen LogP contribution is -2.37. The van der Waals surface area contributed by atoms with E-state index in [4.69, 9.17) is 9.26 Å². The number of carbonyl (C=O) groups is 1. The number of aromatic nitrogens is 2. The SMILES string of the molecule is Cc1noc(CN2CCC(Oc3ccc(C(=O)N4CCCC4)cc3)CC2)n1. The van der Waals surface area contributed by atoms with E-state index in [1.807, 2.05) is 36.1 Å². The Balaban J connectivity index is 1.25. The fourth-order valence-electron chi connectivity index (χ4n) is 3.75. The average Bonchev–Trinajstić information content (AvgIpc) is 3.35. The molecule has 27 heavy (non-hydrogen) atoms. The number of amides is 1. The third-order valence-corrected chi connectivity index (χ3v) is 5.26. The molecule has 2 aliphatic rings. The van der Waals surface area contributed by atoms with Gasteiger partial charge < -0.3 is 14.2 Å². The Morgan fingerprint density at radius 1 is 1.15 bits per heavy atom. The molecule has 1 aromatic heterocycles. The molecule has 1 amide bonds. The summed E-state index contributed by atoms with van der Waals surface area (Å²) in [6.45, 7) is 6.16. The zero-order valence-electron chi connectivity index (χ0n) is 15.8. The summed E-state index contributed by atoms with van der Waals surface area (Å²) < 4.78 is 11.3. The second kappa shape index (κ2) is 8.08. The zero-order valence-corrected chi connectivity index (χ0v) is 15.8. The molecule has 0 aliphatic carbocycles. The highest BCUT2D eigenvalue weighted by Crippen LogP contribution is 2.21. The van der Waals surface area contributed by atoms with Crippen molar-refractivity contribution in [3.63, 3.8) is 0 Å². The predicted octanol–water partition coefficient (Wildman–Crippen LogP) is 2.66. The van der Waals surface area contributed by atoms with Gasteiger partial charge in [-0.05, 0) is 56.9 Å². The van der Waals surface area contributed by atoms with Gasteiger partial charge in [0, 0.05) is 31.7 Å². The Morgan fingerprint density at radius 2 is 1.85 bits per heavy atom. The van der Waals surface area contributed by atoms with Gasteiger partial charge in [-0.2, -0.15) is 4.98 Å². The third-order valence-electron chi connectivity index (χ3n) is 5.26. The smallest absolute Gasteiger partial charge is 0.253 e. The van der Waals surface area contributed by atoms with Crippen molar-refractivity contribution in [2.45, 2.75) is 45.3 Å². The van der Waals surface area contributed by atoms with Gasteiger partial charge in [-0.15, -0.1) is 0 Å². The third kappa shape index (κ3) is 4.47. The number of piperidine rings is 1. The lowest BCUT2D eigenvalue weighted by Gasteiger charge is -2.31. The highest BCUT2D eigenvalue weighted by Gasteiger charge is 2.23. The number of aryl methyl sites for hydroxylation is 1. The molecule has 0 bridgehead atoms. The van der Waals surface area contributed by atoms with Gasteiger partial charge >= 0.3 is 0 Å². The summed E-state index contributed by atoms with van der Waals surface area (Å²) in [7, 11) is 0. The normalized spacial score (nSPS) is 18.8. The molecule has 0 atom stereocenters. The van der Waals surface area contributed by atoms with Gasteiger partial charge in [0.2, 0.25) is 5.89 Å². The van der Waals surface area contributed by atoms with E-state index >= 15 is 0 Å². The van der Waals surface area contributed by atoms with Crippen LogP contribution in [0.2, 0.25) is 0 Å². The first kappa shape index (κ1) is 18.0. The van der Waals surface area contributed by atoms with Crippen molar-refractivity contribution in [3.05, 3.63) is 41.5 Å². The molecule has 0 spiro atoms. The molecule has 3 heterocycles. The lowest BCUT2D eigenvalue weighted by atomic mass is 10.1. The number of benzene rings is 1. The van der Waals surface area contributed by atoms with Gasteiger partial charge in [-0.3, -0.25) is 9.69 Å². The molecule has 2 aliphatic heterocycles. The highest BCUT2D eigenvalue weighted by molar-refractivity contribution is 5.94. The molecule has 0 saturated carbocycles. The van der Waals surface area contributed by atoms with Crippen LogP contribution in [-0.2, 0) is 6.54 Å². The number of hydrogen-bond acceptors (Lipinski definition) is 6. The number of ether oxygens (including phenoxy) is 1. The van der Waals surface area contributed by atoms with Crippen molar-refractivity contribution in [3.8, 4) is 5.75 Å². The molecular weight excluding hydrogens is 344 g/mol. The van der Waals surface area contributed by atoms with Crippen LogP contribution in [0, 0.1) is 6.92 Å². The number of carbonyl (C=O) groups excluding carboxylic acids is 1. The molecule has 4 rings (SSSR count). The molecule has 144 valence electrons. The van der Waals surface area contributed by atoms with Crippen LogP contribution in [0.25, 0.3) is 0 Å². The van der Waals surface area contributed by atoms with Crippen molar-refractivity contribution in [2.75, 3.05) is 26.2 Å². The van der Waals surface area contributed by atoms with Gasteiger partial charge in [0.1, 0.15) is 11.9 Å². The van der Waals surface area contributed by atoms with E-state index in [2.05, 4.69) is 15.0 Å². The quantitative estimate of drug-likeness (QED) is 0.806. The van der Waals surface area contributed by atoms with Crippen LogP contribution in [0.15, 0.2) is 28.8 Å². The van der Waals surface area contributed by atoms with Crippen molar-refractivity contribution in [1.29, 1.82) is 0 Å². The fraction of sp³-hybridized carbons (Fsp3) is 0.550. The first-order valence-electron chi connectivity index (χ1n) is 9.75. The van der Waals surface area contributed by atoms with Crippen LogP contribution >= 0.6 is 0 Å². The topological polar surface area (TPSA) is 71.7 Å². The minimum Gasteiger partial charge on any atom is -0.490 e.